The fourth-order valence-electron chi connectivity index (χ4n) is 2.61. The number of nitrogens with two attached hydrogens (primary N) is 1. The molecule has 0 spiro atoms. The molecule has 0 heterocycles. The molecule has 1 amide bonds. The molecule has 0 aliphatic heterocycles. The smallest absolute Gasteiger partial charge is 0.387 e. The SMILES string of the molecule is Cl.NCC1CCCC1NC(=O)c1ccccc1OC(F)F. The summed E-state index contributed by atoms with van der Waals surface area (Å²) in [7, 11) is 0. The minimum absolute atomic E-state index is 0. The predicted molar refractivity (Wildman–Crippen MR) is 78.0 cm³/mol. The highest BCUT2D eigenvalue weighted by atomic mass is 35.5. The highest BCUT2D eigenvalue weighted by molar-refractivity contribution is 5.97. The lowest BCUT2D eigenvalue weighted by Gasteiger charge is -2.20. The van der Waals surface area contributed by atoms with Crippen molar-refractivity contribution >= 4 is 18.3 Å². The zero-order chi connectivity index (χ0) is 14.5. The second kappa shape index (κ2) is 8.14. The van der Waals surface area contributed by atoms with Crippen molar-refractivity contribution in [2.45, 2.75) is 31.9 Å². The Morgan fingerprint density at radius 1 is 1.38 bits per heavy atom. The van der Waals surface area contributed by atoms with Gasteiger partial charge in [-0.1, -0.05) is 18.6 Å². The molecular weight excluding hydrogens is 302 g/mol. The van der Waals surface area contributed by atoms with E-state index in [4.69, 9.17) is 5.73 Å². The van der Waals surface area contributed by atoms with Gasteiger partial charge in [0.25, 0.3) is 5.91 Å². The summed E-state index contributed by atoms with van der Waals surface area (Å²) in [6.45, 7) is -2.44. The molecule has 2 rings (SSSR count). The third-order valence-corrected chi connectivity index (χ3v) is 3.63. The number of ether oxygens (including phenoxy) is 1. The number of alkyl halides is 2. The highest BCUT2D eigenvalue weighted by Gasteiger charge is 2.28. The second-order valence-corrected chi connectivity index (χ2v) is 4.88. The lowest BCUT2D eigenvalue weighted by atomic mass is 10.0. The van der Waals surface area contributed by atoms with E-state index in [1.54, 1.807) is 12.1 Å². The molecule has 1 fully saturated rings. The summed E-state index contributed by atoms with van der Waals surface area (Å²) in [4.78, 5) is 12.2. The molecule has 4 nitrogen and oxygen atoms in total. The molecular formula is C14H19ClF2N2O2. The number of amides is 1. The number of carbonyl (C=O) groups excluding carboxylic acids is 1. The van der Waals surface area contributed by atoms with Crippen LogP contribution in [0, 0.1) is 5.92 Å². The maximum Gasteiger partial charge on any atom is 0.387 e. The summed E-state index contributed by atoms with van der Waals surface area (Å²) >= 11 is 0. The Kier molecular flexibility index (Phi) is 6.84. The van der Waals surface area contributed by atoms with Crippen molar-refractivity contribution in [1.82, 2.24) is 5.32 Å². The number of halogens is 3. The molecule has 2 atom stereocenters. The van der Waals surface area contributed by atoms with Gasteiger partial charge in [0.15, 0.2) is 0 Å². The van der Waals surface area contributed by atoms with Gasteiger partial charge in [-0.05, 0) is 37.4 Å². The molecule has 1 aromatic rings. The van der Waals surface area contributed by atoms with Gasteiger partial charge in [-0.15, -0.1) is 12.4 Å². The first-order chi connectivity index (χ1) is 9.61. The summed E-state index contributed by atoms with van der Waals surface area (Å²) in [6.07, 6.45) is 2.87. The number of hydrogen-bond acceptors (Lipinski definition) is 3. The molecule has 1 aromatic carbocycles. The topological polar surface area (TPSA) is 64.3 Å². The minimum Gasteiger partial charge on any atom is -0.434 e. The van der Waals surface area contributed by atoms with Crippen LogP contribution in [0.5, 0.6) is 5.75 Å². The molecule has 0 saturated heterocycles. The van der Waals surface area contributed by atoms with Crippen LogP contribution < -0.4 is 15.8 Å². The fourth-order valence-corrected chi connectivity index (χ4v) is 2.61. The van der Waals surface area contributed by atoms with Gasteiger partial charge in [0, 0.05) is 6.04 Å². The van der Waals surface area contributed by atoms with Crippen LogP contribution in [0.15, 0.2) is 24.3 Å². The fraction of sp³-hybridized carbons (Fsp3) is 0.500. The minimum atomic E-state index is -2.95. The summed E-state index contributed by atoms with van der Waals surface area (Å²) in [5.41, 5.74) is 5.78. The number of para-hydroxylation sites is 1. The molecule has 21 heavy (non-hydrogen) atoms. The van der Waals surface area contributed by atoms with E-state index in [-0.39, 0.29) is 35.7 Å². The number of benzene rings is 1. The monoisotopic (exact) mass is 320 g/mol. The van der Waals surface area contributed by atoms with Gasteiger partial charge in [0.05, 0.1) is 5.56 Å². The standard InChI is InChI=1S/C14H18F2N2O2.ClH/c15-14(16)20-12-7-2-1-5-10(12)13(19)18-11-6-3-4-9(11)8-17;/h1-2,5,7,9,11,14H,3-4,6,8,17H2,(H,18,19);1H. The van der Waals surface area contributed by atoms with Crippen molar-refractivity contribution in [2.24, 2.45) is 11.7 Å². The molecule has 0 aromatic heterocycles. The largest absolute Gasteiger partial charge is 0.434 e. The Morgan fingerprint density at radius 3 is 2.76 bits per heavy atom. The van der Waals surface area contributed by atoms with Crippen molar-refractivity contribution in [3.8, 4) is 5.75 Å². The van der Waals surface area contributed by atoms with Crippen molar-refractivity contribution in [3.63, 3.8) is 0 Å². The van der Waals surface area contributed by atoms with E-state index in [0.717, 1.165) is 19.3 Å². The Labute approximate surface area is 128 Å². The normalized spacial score (nSPS) is 21.0. The molecule has 7 heteroatoms. The van der Waals surface area contributed by atoms with Crippen molar-refractivity contribution in [2.75, 3.05) is 6.54 Å². The van der Waals surface area contributed by atoms with Crippen LogP contribution in [0.25, 0.3) is 0 Å². The summed E-state index contributed by atoms with van der Waals surface area (Å²) in [6, 6.07) is 6.00. The number of carbonyl (C=O) groups is 1. The molecule has 118 valence electrons. The van der Waals surface area contributed by atoms with Crippen LogP contribution >= 0.6 is 12.4 Å². The quantitative estimate of drug-likeness (QED) is 0.876. The molecule has 0 bridgehead atoms. The molecule has 1 aliphatic carbocycles. The maximum atomic E-state index is 12.3. The van der Waals surface area contributed by atoms with E-state index >= 15 is 0 Å². The van der Waals surface area contributed by atoms with Gasteiger partial charge >= 0.3 is 6.61 Å². The zero-order valence-electron chi connectivity index (χ0n) is 11.4. The van der Waals surface area contributed by atoms with Crippen molar-refractivity contribution in [1.29, 1.82) is 0 Å². The molecule has 1 saturated carbocycles. The van der Waals surface area contributed by atoms with Gasteiger partial charge < -0.3 is 15.8 Å². The lowest BCUT2D eigenvalue weighted by Crippen LogP contribution is -2.40. The van der Waals surface area contributed by atoms with E-state index in [0.29, 0.717) is 6.54 Å². The number of hydrogen-bond donors (Lipinski definition) is 2. The first kappa shape index (κ1) is 17.7. The van der Waals surface area contributed by atoms with E-state index in [2.05, 4.69) is 10.1 Å². The first-order valence-electron chi connectivity index (χ1n) is 6.66. The third-order valence-electron chi connectivity index (χ3n) is 3.63. The molecule has 0 radical (unpaired) electrons. The van der Waals surface area contributed by atoms with Crippen molar-refractivity contribution < 1.29 is 18.3 Å². The number of rotatable bonds is 5. The van der Waals surface area contributed by atoms with Crippen LogP contribution in [-0.2, 0) is 0 Å². The van der Waals surface area contributed by atoms with Gasteiger partial charge in [0.2, 0.25) is 0 Å². The predicted octanol–water partition coefficient (Wildman–Crippen LogP) is 2.57. The van der Waals surface area contributed by atoms with E-state index in [1.165, 1.54) is 12.1 Å². The van der Waals surface area contributed by atoms with Gasteiger partial charge in [-0.3, -0.25) is 4.79 Å². The average Bonchev–Trinajstić information content (AvgIpc) is 2.85. The number of nitrogens with one attached hydrogen (secondary N) is 1. The summed E-state index contributed by atoms with van der Waals surface area (Å²) in [5, 5.41) is 2.87. The van der Waals surface area contributed by atoms with Gasteiger partial charge in [-0.2, -0.15) is 8.78 Å². The Bertz CT molecular complexity index is 474. The van der Waals surface area contributed by atoms with E-state index in [9.17, 15) is 13.6 Å². The van der Waals surface area contributed by atoms with Crippen molar-refractivity contribution in [3.05, 3.63) is 29.8 Å². The first-order valence-corrected chi connectivity index (χ1v) is 6.66. The van der Waals surface area contributed by atoms with Crippen LogP contribution in [0.3, 0.4) is 0 Å². The maximum absolute atomic E-state index is 12.3. The van der Waals surface area contributed by atoms with Gasteiger partial charge in [0.1, 0.15) is 5.75 Å². The highest BCUT2D eigenvalue weighted by Crippen LogP contribution is 2.26. The Hall–Kier alpha value is -1.40. The zero-order valence-corrected chi connectivity index (χ0v) is 12.2. The second-order valence-electron chi connectivity index (χ2n) is 4.88. The van der Waals surface area contributed by atoms with Crippen LogP contribution in [-0.4, -0.2) is 25.1 Å². The van der Waals surface area contributed by atoms with Crippen LogP contribution in [0.2, 0.25) is 0 Å². The Morgan fingerprint density at radius 2 is 2.10 bits per heavy atom. The van der Waals surface area contributed by atoms with Crippen LogP contribution in [0.1, 0.15) is 29.6 Å². The van der Waals surface area contributed by atoms with E-state index < -0.39 is 12.5 Å². The summed E-state index contributed by atoms with van der Waals surface area (Å²) < 4.78 is 29.0. The van der Waals surface area contributed by atoms with E-state index in [1.807, 2.05) is 0 Å². The molecule has 2 unspecified atom stereocenters. The van der Waals surface area contributed by atoms with Gasteiger partial charge in [-0.25, -0.2) is 0 Å². The third kappa shape index (κ3) is 4.54. The lowest BCUT2D eigenvalue weighted by molar-refractivity contribution is -0.0501. The summed E-state index contributed by atoms with van der Waals surface area (Å²) in [5.74, 6) is -0.254. The molecule has 3 N–H and O–H groups in total. The molecule has 1 aliphatic rings. The average molecular weight is 321 g/mol. The Balaban J connectivity index is 0.00000220. The van der Waals surface area contributed by atoms with Crippen LogP contribution in [0.4, 0.5) is 8.78 Å².